The summed E-state index contributed by atoms with van der Waals surface area (Å²) in [5.41, 5.74) is 7.27. The van der Waals surface area contributed by atoms with Crippen molar-refractivity contribution in [2.24, 2.45) is 5.73 Å². The molecule has 1 saturated heterocycles. The summed E-state index contributed by atoms with van der Waals surface area (Å²) in [6, 6.07) is 7.12. The van der Waals surface area contributed by atoms with Crippen molar-refractivity contribution in [3.8, 4) is 0 Å². The summed E-state index contributed by atoms with van der Waals surface area (Å²) >= 11 is 0. The van der Waals surface area contributed by atoms with E-state index in [1.165, 1.54) is 12.1 Å². The maximum Gasteiger partial charge on any atom is 0.407 e. The summed E-state index contributed by atoms with van der Waals surface area (Å²) in [4.78, 5) is 13.8. The lowest BCUT2D eigenvalue weighted by atomic mass is 10.0. The van der Waals surface area contributed by atoms with Crippen molar-refractivity contribution < 1.29 is 27.1 Å². The quantitative estimate of drug-likeness (QED) is 0.563. The maximum absolute atomic E-state index is 13.9. The normalized spacial score (nSPS) is 17.1. The lowest BCUT2D eigenvalue weighted by Crippen LogP contribution is -2.47. The summed E-state index contributed by atoms with van der Waals surface area (Å²) in [7, 11) is 0. The third-order valence-electron chi connectivity index (χ3n) is 5.80. The molecule has 1 amide bonds. The molecule has 0 spiro atoms. The number of benzene rings is 2. The van der Waals surface area contributed by atoms with E-state index >= 15 is 0 Å². The number of nitrogens with zero attached hydrogens (tertiary/aromatic N) is 1. The number of rotatable bonds is 7. The molecule has 2 atom stereocenters. The molecule has 1 unspecified atom stereocenters. The van der Waals surface area contributed by atoms with Crippen molar-refractivity contribution in [3.05, 3.63) is 42.0 Å². The second kappa shape index (κ2) is 8.99. The van der Waals surface area contributed by atoms with Gasteiger partial charge in [-0.15, -0.1) is 0 Å². The second-order valence-electron chi connectivity index (χ2n) is 8.02. The maximum atomic E-state index is 13.9. The highest BCUT2D eigenvalue weighted by molar-refractivity contribution is 6.06. The van der Waals surface area contributed by atoms with Crippen LogP contribution in [0.1, 0.15) is 31.4 Å². The Morgan fingerprint density at radius 2 is 1.88 bits per heavy atom. The van der Waals surface area contributed by atoms with Crippen LogP contribution in [0.5, 0.6) is 0 Å². The smallest absolute Gasteiger partial charge is 0.407 e. The van der Waals surface area contributed by atoms with E-state index in [4.69, 9.17) is 14.9 Å². The zero-order chi connectivity index (χ0) is 22.9. The number of furan rings is 1. The fraction of sp³-hybridized carbons (Fsp3) is 0.435. The van der Waals surface area contributed by atoms with Crippen LogP contribution in [0.3, 0.4) is 0 Å². The Balaban J connectivity index is 1.70. The predicted molar refractivity (Wildman–Crippen MR) is 117 cm³/mol. The van der Waals surface area contributed by atoms with E-state index in [0.717, 1.165) is 29.5 Å². The molecule has 2 aromatic carbocycles. The molecule has 3 N–H and O–H groups in total. The van der Waals surface area contributed by atoms with E-state index in [1.807, 2.05) is 18.2 Å². The molecule has 6 nitrogen and oxygen atoms in total. The van der Waals surface area contributed by atoms with E-state index in [1.54, 1.807) is 13.0 Å². The molecule has 0 radical (unpaired) electrons. The molecule has 0 saturated carbocycles. The van der Waals surface area contributed by atoms with Crippen molar-refractivity contribution in [3.63, 3.8) is 0 Å². The van der Waals surface area contributed by atoms with Crippen molar-refractivity contribution in [2.75, 3.05) is 31.2 Å². The monoisotopic (exact) mass is 449 g/mol. The number of fused-ring (bicyclic) bond motifs is 3. The molecule has 2 heterocycles. The number of primary amides is 1. The van der Waals surface area contributed by atoms with Gasteiger partial charge in [-0.05, 0) is 36.2 Å². The van der Waals surface area contributed by atoms with Crippen molar-refractivity contribution in [1.82, 2.24) is 5.32 Å². The first kappa shape index (κ1) is 22.4. The Hall–Kier alpha value is -2.78. The number of alkyl halides is 3. The Kier molecular flexibility index (Phi) is 6.30. The molecule has 1 aliphatic rings. The summed E-state index contributed by atoms with van der Waals surface area (Å²) in [5.74, 6) is -0.804. The van der Waals surface area contributed by atoms with Crippen LogP contribution in [0.15, 0.2) is 40.8 Å². The number of ether oxygens (including phenoxy) is 1. The first-order chi connectivity index (χ1) is 15.3. The lowest BCUT2D eigenvalue weighted by Gasteiger charge is -2.28. The molecular weight excluding hydrogens is 423 g/mol. The molecule has 0 bridgehead atoms. The first-order valence-corrected chi connectivity index (χ1v) is 10.7. The molecule has 3 aromatic rings. The standard InChI is InChI=1S/C23H26F3N3O3/c1-2-3-18(22(27)30)28-21(23(24,25)26)14-4-6-16-17-13-15(29-8-10-31-11-9-29)5-7-19(17)32-20(16)12-14/h4-7,12-13,18,21,28H,2-3,8-11H2,1H3,(H2,27,30)/t18?,21-/m0/s1. The number of halogens is 3. The number of hydrogen-bond donors (Lipinski definition) is 2. The van der Waals surface area contributed by atoms with E-state index < -0.39 is 24.2 Å². The molecule has 172 valence electrons. The molecule has 1 aliphatic heterocycles. The minimum Gasteiger partial charge on any atom is -0.456 e. The molecule has 0 aliphatic carbocycles. The number of carbonyl (C=O) groups excluding carboxylic acids is 1. The second-order valence-corrected chi connectivity index (χ2v) is 8.02. The zero-order valence-electron chi connectivity index (χ0n) is 17.7. The highest BCUT2D eigenvalue weighted by atomic mass is 19.4. The van der Waals surface area contributed by atoms with E-state index in [0.29, 0.717) is 30.8 Å². The Bertz CT molecular complexity index is 1110. The number of hydrogen-bond acceptors (Lipinski definition) is 5. The zero-order valence-corrected chi connectivity index (χ0v) is 17.7. The SMILES string of the molecule is CCCC(N[C@@H](c1ccc2c(c1)oc1ccc(N3CCOCC3)cc12)C(F)(F)F)C(N)=O. The fourth-order valence-electron chi connectivity index (χ4n) is 4.16. The van der Waals surface area contributed by atoms with Gasteiger partial charge in [-0.25, -0.2) is 0 Å². The molecule has 32 heavy (non-hydrogen) atoms. The molecule has 4 rings (SSSR count). The van der Waals surface area contributed by atoms with Gasteiger partial charge < -0.3 is 19.8 Å². The van der Waals surface area contributed by atoms with Gasteiger partial charge in [0.2, 0.25) is 5.91 Å². The van der Waals surface area contributed by atoms with Gasteiger partial charge in [0, 0.05) is 29.5 Å². The number of nitrogens with two attached hydrogens (primary N) is 1. The summed E-state index contributed by atoms with van der Waals surface area (Å²) < 4.78 is 52.9. The average molecular weight is 449 g/mol. The Labute approximate surface area is 183 Å². The third kappa shape index (κ3) is 4.54. The van der Waals surface area contributed by atoms with Gasteiger partial charge in [0.05, 0.1) is 19.3 Å². The number of morpholine rings is 1. The van der Waals surface area contributed by atoms with Crippen LogP contribution in [0, 0.1) is 0 Å². The van der Waals surface area contributed by atoms with Gasteiger partial charge in [0.15, 0.2) is 0 Å². The van der Waals surface area contributed by atoms with Gasteiger partial charge in [-0.1, -0.05) is 25.5 Å². The van der Waals surface area contributed by atoms with Gasteiger partial charge in [-0.2, -0.15) is 13.2 Å². The van der Waals surface area contributed by atoms with Crippen molar-refractivity contribution >= 4 is 33.5 Å². The van der Waals surface area contributed by atoms with Crippen LogP contribution in [0.4, 0.5) is 18.9 Å². The van der Waals surface area contributed by atoms with Crippen molar-refractivity contribution in [2.45, 2.75) is 38.0 Å². The van der Waals surface area contributed by atoms with Crippen LogP contribution in [-0.2, 0) is 9.53 Å². The highest BCUT2D eigenvalue weighted by Crippen LogP contribution is 2.37. The number of anilines is 1. The van der Waals surface area contributed by atoms with Gasteiger partial charge >= 0.3 is 6.18 Å². The van der Waals surface area contributed by atoms with Crippen LogP contribution < -0.4 is 16.0 Å². The molecular formula is C23H26F3N3O3. The van der Waals surface area contributed by atoms with E-state index in [-0.39, 0.29) is 12.0 Å². The number of carbonyl (C=O) groups is 1. The van der Waals surface area contributed by atoms with Crippen LogP contribution >= 0.6 is 0 Å². The first-order valence-electron chi connectivity index (χ1n) is 10.7. The predicted octanol–water partition coefficient (Wildman–Crippen LogP) is 4.27. The van der Waals surface area contributed by atoms with Crippen LogP contribution in [0.25, 0.3) is 21.9 Å². The summed E-state index contributed by atoms with van der Waals surface area (Å²) in [5, 5.41) is 3.98. The topological polar surface area (TPSA) is 80.7 Å². The van der Waals surface area contributed by atoms with Crippen LogP contribution in [-0.4, -0.2) is 44.4 Å². The van der Waals surface area contributed by atoms with Crippen molar-refractivity contribution in [1.29, 1.82) is 0 Å². The Morgan fingerprint density at radius 3 is 2.53 bits per heavy atom. The lowest BCUT2D eigenvalue weighted by molar-refractivity contribution is -0.160. The Morgan fingerprint density at radius 1 is 1.12 bits per heavy atom. The third-order valence-corrected chi connectivity index (χ3v) is 5.80. The minimum absolute atomic E-state index is 0.0280. The van der Waals surface area contributed by atoms with Crippen LogP contribution in [0.2, 0.25) is 0 Å². The highest BCUT2D eigenvalue weighted by Gasteiger charge is 2.42. The number of nitrogens with one attached hydrogen (secondary N) is 1. The van der Waals surface area contributed by atoms with E-state index in [9.17, 15) is 18.0 Å². The molecule has 1 aromatic heterocycles. The summed E-state index contributed by atoms with van der Waals surface area (Å²) in [6.45, 7) is 4.66. The van der Waals surface area contributed by atoms with E-state index in [2.05, 4.69) is 10.2 Å². The molecule has 9 heteroatoms. The number of amides is 1. The fourth-order valence-corrected chi connectivity index (χ4v) is 4.16. The average Bonchev–Trinajstić information content (AvgIpc) is 3.13. The molecule has 1 fully saturated rings. The van der Waals surface area contributed by atoms with Gasteiger partial charge in [-0.3, -0.25) is 10.1 Å². The largest absolute Gasteiger partial charge is 0.456 e. The van der Waals surface area contributed by atoms with Gasteiger partial charge in [0.25, 0.3) is 0 Å². The minimum atomic E-state index is -4.61. The van der Waals surface area contributed by atoms with Gasteiger partial charge in [0.1, 0.15) is 17.2 Å². The summed E-state index contributed by atoms with van der Waals surface area (Å²) in [6.07, 6.45) is -3.86.